The number of likely N-dealkylation sites (tertiary alicyclic amines) is 1. The lowest BCUT2D eigenvalue weighted by Gasteiger charge is -2.14. The van der Waals surface area contributed by atoms with Crippen molar-refractivity contribution >= 4 is 40.9 Å². The molecule has 0 N–H and O–H groups in total. The maximum Gasteiger partial charge on any atom is 0.232 e. The first-order chi connectivity index (χ1) is 8.66. The molecule has 0 saturated carbocycles. The van der Waals surface area contributed by atoms with Crippen LogP contribution in [-0.2, 0) is 10.5 Å². The van der Waals surface area contributed by atoms with Gasteiger partial charge in [-0.3, -0.25) is 4.79 Å². The average molecular weight is 305 g/mol. The molecule has 1 aromatic rings. The van der Waals surface area contributed by atoms with Crippen LogP contribution in [0.4, 0.5) is 0 Å². The summed E-state index contributed by atoms with van der Waals surface area (Å²) < 4.78 is 0. The molecule has 6 heteroatoms. The first-order valence-electron chi connectivity index (χ1n) is 5.82. The first-order valence-corrected chi connectivity index (χ1v) is 7.73. The van der Waals surface area contributed by atoms with Gasteiger partial charge in [0, 0.05) is 30.1 Å². The quantitative estimate of drug-likeness (QED) is 0.801. The molecule has 1 fully saturated rings. The van der Waals surface area contributed by atoms with Crippen LogP contribution in [0.1, 0.15) is 18.4 Å². The molecule has 2 heterocycles. The predicted octanol–water partition coefficient (Wildman–Crippen LogP) is 3.24. The van der Waals surface area contributed by atoms with Crippen LogP contribution in [0.3, 0.4) is 0 Å². The van der Waals surface area contributed by atoms with Gasteiger partial charge in [-0.05, 0) is 24.5 Å². The van der Waals surface area contributed by atoms with E-state index < -0.39 is 0 Å². The zero-order valence-electron chi connectivity index (χ0n) is 9.86. The van der Waals surface area contributed by atoms with E-state index in [-0.39, 0.29) is 5.91 Å². The van der Waals surface area contributed by atoms with Gasteiger partial charge in [0.15, 0.2) is 0 Å². The highest BCUT2D eigenvalue weighted by Crippen LogP contribution is 2.23. The van der Waals surface area contributed by atoms with Crippen molar-refractivity contribution in [3.05, 3.63) is 28.0 Å². The molecule has 0 unspecified atom stereocenters. The van der Waals surface area contributed by atoms with Crippen LogP contribution in [0.5, 0.6) is 0 Å². The van der Waals surface area contributed by atoms with Gasteiger partial charge in [-0.15, -0.1) is 11.8 Å². The summed E-state index contributed by atoms with van der Waals surface area (Å²) in [5, 5.41) is 0.998. The Morgan fingerprint density at radius 3 is 2.78 bits per heavy atom. The number of thioether (sulfide) groups is 1. The van der Waals surface area contributed by atoms with Gasteiger partial charge in [-0.2, -0.15) is 0 Å². The number of carbonyl (C=O) groups is 1. The molecule has 3 nitrogen and oxygen atoms in total. The van der Waals surface area contributed by atoms with Gasteiger partial charge in [0.1, 0.15) is 5.15 Å². The Hall–Kier alpha value is -0.450. The van der Waals surface area contributed by atoms with Crippen LogP contribution < -0.4 is 0 Å². The molecular weight excluding hydrogens is 291 g/mol. The van der Waals surface area contributed by atoms with Crippen molar-refractivity contribution in [3.8, 4) is 0 Å². The van der Waals surface area contributed by atoms with E-state index in [2.05, 4.69) is 4.98 Å². The summed E-state index contributed by atoms with van der Waals surface area (Å²) in [7, 11) is 0. The van der Waals surface area contributed by atoms with Gasteiger partial charge in [-0.25, -0.2) is 4.98 Å². The molecule has 1 saturated heterocycles. The Morgan fingerprint density at radius 1 is 1.39 bits per heavy atom. The predicted molar refractivity (Wildman–Crippen MR) is 76.2 cm³/mol. The Morgan fingerprint density at radius 2 is 2.11 bits per heavy atom. The number of aromatic nitrogens is 1. The Labute approximate surface area is 121 Å². The summed E-state index contributed by atoms with van der Waals surface area (Å²) in [6, 6.07) is 1.63. The van der Waals surface area contributed by atoms with Crippen molar-refractivity contribution in [1.82, 2.24) is 9.88 Å². The van der Waals surface area contributed by atoms with E-state index in [1.165, 1.54) is 0 Å². The van der Waals surface area contributed by atoms with E-state index in [4.69, 9.17) is 23.2 Å². The lowest BCUT2D eigenvalue weighted by atomic mass is 10.3. The number of halogens is 2. The second-order valence-corrected chi connectivity index (χ2v) is 5.96. The zero-order valence-corrected chi connectivity index (χ0v) is 12.2. The summed E-state index contributed by atoms with van der Waals surface area (Å²) in [5.74, 6) is 1.40. The van der Waals surface area contributed by atoms with Crippen molar-refractivity contribution in [3.63, 3.8) is 0 Å². The molecule has 1 aromatic heterocycles. The summed E-state index contributed by atoms with van der Waals surface area (Å²) in [4.78, 5) is 17.7. The van der Waals surface area contributed by atoms with Gasteiger partial charge in [0.05, 0.1) is 5.75 Å². The van der Waals surface area contributed by atoms with Gasteiger partial charge < -0.3 is 4.90 Å². The molecular formula is C12H14Cl2N2OS. The smallest absolute Gasteiger partial charge is 0.232 e. The fourth-order valence-corrected chi connectivity index (χ4v) is 3.27. The average Bonchev–Trinajstić information content (AvgIpc) is 2.85. The molecule has 1 amide bonds. The number of rotatable bonds is 4. The Balaban J connectivity index is 1.79. The van der Waals surface area contributed by atoms with Crippen LogP contribution in [0.2, 0.25) is 10.2 Å². The summed E-state index contributed by atoms with van der Waals surface area (Å²) in [5.41, 5.74) is 0.917. The monoisotopic (exact) mass is 304 g/mol. The summed E-state index contributed by atoms with van der Waals surface area (Å²) >= 11 is 13.3. The lowest BCUT2D eigenvalue weighted by molar-refractivity contribution is -0.127. The minimum Gasteiger partial charge on any atom is -0.342 e. The van der Waals surface area contributed by atoms with Gasteiger partial charge >= 0.3 is 0 Å². The molecule has 2 rings (SSSR count). The molecule has 98 valence electrons. The SMILES string of the molecule is O=C(CSCc1cnc(Cl)cc1Cl)N1CCCC1. The standard InChI is InChI=1S/C12H14Cl2N2OS/c13-10-5-11(14)15-6-9(10)7-18-8-12(17)16-3-1-2-4-16/h5-6H,1-4,7-8H2. The van der Waals surface area contributed by atoms with Gasteiger partial charge in [0.25, 0.3) is 0 Å². The third-order valence-electron chi connectivity index (χ3n) is 2.84. The van der Waals surface area contributed by atoms with Gasteiger partial charge in [0.2, 0.25) is 5.91 Å². The number of hydrogen-bond acceptors (Lipinski definition) is 3. The topological polar surface area (TPSA) is 33.2 Å². The van der Waals surface area contributed by atoms with Crippen molar-refractivity contribution in [2.24, 2.45) is 0 Å². The van der Waals surface area contributed by atoms with Crippen molar-refractivity contribution in [2.45, 2.75) is 18.6 Å². The minimum atomic E-state index is 0.218. The molecule has 0 aliphatic carbocycles. The fraction of sp³-hybridized carbons (Fsp3) is 0.500. The van der Waals surface area contributed by atoms with Crippen LogP contribution >= 0.6 is 35.0 Å². The molecule has 1 aliphatic heterocycles. The van der Waals surface area contributed by atoms with Crippen LogP contribution in [-0.4, -0.2) is 34.6 Å². The second-order valence-electron chi connectivity index (χ2n) is 4.18. The van der Waals surface area contributed by atoms with E-state index in [0.717, 1.165) is 31.5 Å². The second kappa shape index (κ2) is 6.64. The third-order valence-corrected chi connectivity index (χ3v) is 4.36. The summed E-state index contributed by atoms with van der Waals surface area (Å²) in [6.45, 7) is 1.81. The molecule has 0 aromatic carbocycles. The normalized spacial score (nSPS) is 15.1. The number of pyridine rings is 1. The number of hydrogen-bond donors (Lipinski definition) is 0. The van der Waals surface area contributed by atoms with Crippen LogP contribution in [0.15, 0.2) is 12.3 Å². The van der Waals surface area contributed by atoms with E-state index >= 15 is 0 Å². The third kappa shape index (κ3) is 3.77. The zero-order chi connectivity index (χ0) is 13.0. The highest BCUT2D eigenvalue weighted by Gasteiger charge is 2.17. The van der Waals surface area contributed by atoms with Crippen molar-refractivity contribution in [2.75, 3.05) is 18.8 Å². The first kappa shape index (κ1) is 14.0. The van der Waals surface area contributed by atoms with E-state index in [1.54, 1.807) is 24.0 Å². The van der Waals surface area contributed by atoms with E-state index in [0.29, 0.717) is 21.7 Å². The summed E-state index contributed by atoms with van der Waals surface area (Å²) in [6.07, 6.45) is 3.92. The minimum absolute atomic E-state index is 0.218. The number of amides is 1. The van der Waals surface area contributed by atoms with Crippen molar-refractivity contribution in [1.29, 1.82) is 0 Å². The van der Waals surface area contributed by atoms with E-state index in [9.17, 15) is 4.79 Å². The Bertz CT molecular complexity index is 436. The molecule has 0 bridgehead atoms. The highest BCUT2D eigenvalue weighted by molar-refractivity contribution is 7.99. The maximum absolute atomic E-state index is 11.8. The molecule has 18 heavy (non-hydrogen) atoms. The molecule has 0 spiro atoms. The van der Waals surface area contributed by atoms with Crippen molar-refractivity contribution < 1.29 is 4.79 Å². The number of carbonyl (C=O) groups excluding carboxylic acids is 1. The molecule has 0 radical (unpaired) electrons. The van der Waals surface area contributed by atoms with Crippen LogP contribution in [0, 0.1) is 0 Å². The van der Waals surface area contributed by atoms with Crippen LogP contribution in [0.25, 0.3) is 0 Å². The number of nitrogens with zero attached hydrogens (tertiary/aromatic N) is 2. The molecule has 0 atom stereocenters. The van der Waals surface area contributed by atoms with E-state index in [1.807, 2.05) is 4.90 Å². The highest BCUT2D eigenvalue weighted by atomic mass is 35.5. The van der Waals surface area contributed by atoms with Gasteiger partial charge in [-0.1, -0.05) is 23.2 Å². The Kier molecular flexibility index (Phi) is 5.15. The lowest BCUT2D eigenvalue weighted by Crippen LogP contribution is -2.29. The largest absolute Gasteiger partial charge is 0.342 e. The fourth-order valence-electron chi connectivity index (χ4n) is 1.85. The molecule has 1 aliphatic rings. The maximum atomic E-state index is 11.8.